The molecule has 15 heavy (non-hydrogen) atoms. The predicted molar refractivity (Wildman–Crippen MR) is 63.7 cm³/mol. The highest BCUT2D eigenvalue weighted by Crippen LogP contribution is 2.14. The number of unbranched alkanes of at least 4 members (excludes halogenated alkanes) is 2. The molecule has 0 spiro atoms. The zero-order valence-electron chi connectivity index (χ0n) is 10.3. The largest absolute Gasteiger partial charge is 0.462 e. The summed E-state index contributed by atoms with van der Waals surface area (Å²) in [5, 5.41) is 0. The van der Waals surface area contributed by atoms with E-state index in [9.17, 15) is 4.79 Å². The van der Waals surface area contributed by atoms with Crippen molar-refractivity contribution in [3.05, 3.63) is 12.2 Å². The molecule has 0 rings (SSSR count). The third-order valence-electron chi connectivity index (χ3n) is 2.59. The summed E-state index contributed by atoms with van der Waals surface area (Å²) >= 11 is 0. The van der Waals surface area contributed by atoms with Crippen molar-refractivity contribution in [2.24, 2.45) is 5.92 Å². The van der Waals surface area contributed by atoms with Crippen LogP contribution in [0, 0.1) is 5.92 Å². The Balaban J connectivity index is 3.69. The molecule has 0 saturated heterocycles. The number of hydrogen-bond donors (Lipinski definition) is 0. The van der Waals surface area contributed by atoms with Crippen molar-refractivity contribution in [3.8, 4) is 0 Å². The highest BCUT2D eigenvalue weighted by atomic mass is 16.5. The Morgan fingerprint density at radius 3 is 2.47 bits per heavy atom. The van der Waals surface area contributed by atoms with Crippen LogP contribution in [0.2, 0.25) is 0 Å². The van der Waals surface area contributed by atoms with Crippen molar-refractivity contribution in [3.63, 3.8) is 0 Å². The van der Waals surface area contributed by atoms with Gasteiger partial charge in [-0.15, -0.1) is 0 Å². The van der Waals surface area contributed by atoms with Crippen LogP contribution >= 0.6 is 0 Å². The standard InChI is InChI=1S/C13H24O2/c1-5-7-8-9-12(6-2)10-15-13(14)11(3)4/h12H,3,5-10H2,1-2,4H3. The molecule has 1 unspecified atom stereocenters. The summed E-state index contributed by atoms with van der Waals surface area (Å²) in [5.74, 6) is 0.254. The summed E-state index contributed by atoms with van der Waals surface area (Å²) < 4.78 is 5.15. The van der Waals surface area contributed by atoms with E-state index in [4.69, 9.17) is 4.74 Å². The summed E-state index contributed by atoms with van der Waals surface area (Å²) in [6, 6.07) is 0. The molecule has 0 aromatic carbocycles. The van der Waals surface area contributed by atoms with E-state index in [0.29, 0.717) is 18.1 Å². The normalized spacial score (nSPS) is 12.2. The first-order valence-electron chi connectivity index (χ1n) is 5.94. The monoisotopic (exact) mass is 212 g/mol. The third kappa shape index (κ3) is 7.18. The van der Waals surface area contributed by atoms with Crippen molar-refractivity contribution >= 4 is 5.97 Å². The van der Waals surface area contributed by atoms with Crippen molar-refractivity contribution in [2.45, 2.75) is 52.9 Å². The first kappa shape index (κ1) is 14.2. The minimum absolute atomic E-state index is 0.260. The Kier molecular flexibility index (Phi) is 8.06. The predicted octanol–water partition coefficient (Wildman–Crippen LogP) is 3.71. The van der Waals surface area contributed by atoms with Crippen LogP contribution in [-0.2, 0) is 9.53 Å². The second-order valence-corrected chi connectivity index (χ2v) is 4.15. The highest BCUT2D eigenvalue weighted by molar-refractivity contribution is 5.86. The number of carbonyl (C=O) groups is 1. The zero-order chi connectivity index (χ0) is 11.7. The van der Waals surface area contributed by atoms with E-state index in [-0.39, 0.29) is 5.97 Å². The molecule has 0 amide bonds. The molecule has 0 bridgehead atoms. The lowest BCUT2D eigenvalue weighted by molar-refractivity contribution is -0.140. The van der Waals surface area contributed by atoms with Gasteiger partial charge in [0.05, 0.1) is 6.61 Å². The van der Waals surface area contributed by atoms with E-state index in [1.54, 1.807) is 6.92 Å². The van der Waals surface area contributed by atoms with Crippen molar-refractivity contribution in [1.82, 2.24) is 0 Å². The molecule has 0 heterocycles. The minimum atomic E-state index is -0.260. The van der Waals surface area contributed by atoms with Crippen LogP contribution in [0.15, 0.2) is 12.2 Å². The molecule has 0 aliphatic carbocycles. The van der Waals surface area contributed by atoms with E-state index in [1.807, 2.05) is 0 Å². The van der Waals surface area contributed by atoms with Gasteiger partial charge >= 0.3 is 5.97 Å². The lowest BCUT2D eigenvalue weighted by Crippen LogP contribution is -2.14. The fourth-order valence-corrected chi connectivity index (χ4v) is 1.41. The molecule has 0 aromatic heterocycles. The van der Waals surface area contributed by atoms with Gasteiger partial charge in [-0.3, -0.25) is 0 Å². The second-order valence-electron chi connectivity index (χ2n) is 4.15. The molecule has 0 N–H and O–H groups in total. The molecular formula is C13H24O2. The highest BCUT2D eigenvalue weighted by Gasteiger charge is 2.10. The second kappa shape index (κ2) is 8.51. The molecule has 2 nitrogen and oxygen atoms in total. The zero-order valence-corrected chi connectivity index (χ0v) is 10.3. The molecule has 0 aliphatic heterocycles. The van der Waals surface area contributed by atoms with Gasteiger partial charge in [0.2, 0.25) is 0 Å². The van der Waals surface area contributed by atoms with Crippen LogP contribution in [0.4, 0.5) is 0 Å². The Bertz CT molecular complexity index is 197. The van der Waals surface area contributed by atoms with Crippen LogP contribution in [0.3, 0.4) is 0 Å². The molecule has 0 aliphatic rings. The summed E-state index contributed by atoms with van der Waals surface area (Å²) in [7, 11) is 0. The van der Waals surface area contributed by atoms with Crippen LogP contribution in [-0.4, -0.2) is 12.6 Å². The van der Waals surface area contributed by atoms with Crippen LogP contribution in [0.25, 0.3) is 0 Å². The molecular weight excluding hydrogens is 188 g/mol. The number of esters is 1. The number of carbonyl (C=O) groups excluding carboxylic acids is 1. The lowest BCUT2D eigenvalue weighted by Gasteiger charge is -2.14. The number of rotatable bonds is 8. The van der Waals surface area contributed by atoms with Gasteiger partial charge in [0.1, 0.15) is 0 Å². The topological polar surface area (TPSA) is 26.3 Å². The van der Waals surface area contributed by atoms with E-state index in [1.165, 1.54) is 19.3 Å². The first-order valence-corrected chi connectivity index (χ1v) is 5.94. The first-order chi connectivity index (χ1) is 7.11. The SMILES string of the molecule is C=C(C)C(=O)OCC(CC)CCCCC. The molecule has 1 atom stereocenters. The van der Waals surface area contributed by atoms with E-state index >= 15 is 0 Å². The lowest BCUT2D eigenvalue weighted by atomic mass is 10.00. The smallest absolute Gasteiger partial charge is 0.333 e. The third-order valence-corrected chi connectivity index (χ3v) is 2.59. The molecule has 0 fully saturated rings. The average molecular weight is 212 g/mol. The molecule has 2 heteroatoms. The maximum atomic E-state index is 11.2. The van der Waals surface area contributed by atoms with E-state index < -0.39 is 0 Å². The number of ether oxygens (including phenoxy) is 1. The summed E-state index contributed by atoms with van der Waals surface area (Å²) in [5.41, 5.74) is 0.485. The van der Waals surface area contributed by atoms with Crippen LogP contribution in [0.5, 0.6) is 0 Å². The summed E-state index contributed by atoms with van der Waals surface area (Å²) in [6.45, 7) is 10.1. The summed E-state index contributed by atoms with van der Waals surface area (Å²) in [6.07, 6.45) is 5.98. The van der Waals surface area contributed by atoms with Gasteiger partial charge in [-0.2, -0.15) is 0 Å². The van der Waals surface area contributed by atoms with Gasteiger partial charge < -0.3 is 4.74 Å². The van der Waals surface area contributed by atoms with Crippen molar-refractivity contribution in [2.75, 3.05) is 6.61 Å². The van der Waals surface area contributed by atoms with E-state index in [2.05, 4.69) is 20.4 Å². The summed E-state index contributed by atoms with van der Waals surface area (Å²) in [4.78, 5) is 11.2. The minimum Gasteiger partial charge on any atom is -0.462 e. The average Bonchev–Trinajstić information content (AvgIpc) is 2.22. The fourth-order valence-electron chi connectivity index (χ4n) is 1.41. The quantitative estimate of drug-likeness (QED) is 0.348. The van der Waals surface area contributed by atoms with Gasteiger partial charge in [0.15, 0.2) is 0 Å². The van der Waals surface area contributed by atoms with Gasteiger partial charge in [-0.05, 0) is 19.3 Å². The van der Waals surface area contributed by atoms with Gasteiger partial charge in [-0.25, -0.2) is 4.79 Å². The van der Waals surface area contributed by atoms with Crippen LogP contribution in [0.1, 0.15) is 52.9 Å². The van der Waals surface area contributed by atoms with Gasteiger partial charge in [0.25, 0.3) is 0 Å². The van der Waals surface area contributed by atoms with Crippen molar-refractivity contribution < 1.29 is 9.53 Å². The number of hydrogen-bond acceptors (Lipinski definition) is 2. The Morgan fingerprint density at radius 2 is 2.00 bits per heavy atom. The Hall–Kier alpha value is -0.790. The fraction of sp³-hybridized carbons (Fsp3) is 0.769. The maximum absolute atomic E-state index is 11.2. The van der Waals surface area contributed by atoms with Gasteiger partial charge in [0, 0.05) is 5.57 Å². The molecule has 0 aromatic rings. The van der Waals surface area contributed by atoms with E-state index in [0.717, 1.165) is 12.8 Å². The Morgan fingerprint density at radius 1 is 1.33 bits per heavy atom. The van der Waals surface area contributed by atoms with Crippen molar-refractivity contribution in [1.29, 1.82) is 0 Å². The Labute approximate surface area is 93.7 Å². The van der Waals surface area contributed by atoms with Gasteiger partial charge in [-0.1, -0.05) is 46.1 Å². The maximum Gasteiger partial charge on any atom is 0.333 e. The molecule has 0 saturated carbocycles. The molecule has 88 valence electrons. The van der Waals surface area contributed by atoms with Crippen LogP contribution < -0.4 is 0 Å². The molecule has 0 radical (unpaired) electrons.